The van der Waals surface area contributed by atoms with Gasteiger partial charge >= 0.3 is 0 Å². The Morgan fingerprint density at radius 1 is 1.15 bits per heavy atom. The highest BCUT2D eigenvalue weighted by molar-refractivity contribution is 7.90. The predicted octanol–water partition coefficient (Wildman–Crippen LogP) is 3.95. The van der Waals surface area contributed by atoms with Gasteiger partial charge in [-0.3, -0.25) is 4.79 Å². The molecule has 4 heterocycles. The molecular weight excluding hydrogens is 554 g/mol. The lowest BCUT2D eigenvalue weighted by Crippen LogP contribution is -2.40. The molecule has 0 spiro atoms. The second-order valence-corrected chi connectivity index (χ2v) is 13.4. The smallest absolute Gasteiger partial charge is 0.281 e. The van der Waals surface area contributed by atoms with Crippen LogP contribution < -0.4 is 20.1 Å². The van der Waals surface area contributed by atoms with Gasteiger partial charge in [-0.1, -0.05) is 24.6 Å². The van der Waals surface area contributed by atoms with Gasteiger partial charge in [-0.25, -0.2) is 19.4 Å². The lowest BCUT2D eigenvalue weighted by molar-refractivity contribution is 0.0981. The third kappa shape index (κ3) is 6.91. The van der Waals surface area contributed by atoms with Crippen LogP contribution in [0, 0.1) is 5.41 Å². The van der Waals surface area contributed by atoms with Gasteiger partial charge in [0.05, 0.1) is 12.2 Å². The van der Waals surface area contributed by atoms with Gasteiger partial charge < -0.3 is 15.4 Å². The minimum atomic E-state index is -4.26. The van der Waals surface area contributed by atoms with Crippen LogP contribution in [-0.2, 0) is 10.0 Å². The Morgan fingerprint density at radius 3 is 2.65 bits per heavy atom. The van der Waals surface area contributed by atoms with E-state index >= 15 is 0 Å². The number of sulfonamides is 1. The quantitative estimate of drug-likeness (QED) is 0.284. The van der Waals surface area contributed by atoms with E-state index in [-0.39, 0.29) is 27.3 Å². The van der Waals surface area contributed by atoms with Gasteiger partial charge in [-0.15, -0.1) is 5.10 Å². The number of anilines is 1. The highest BCUT2D eigenvalue weighted by Gasteiger charge is 2.36. The summed E-state index contributed by atoms with van der Waals surface area (Å²) in [5.41, 5.74) is 0.369. The number of hydrogen-bond donors (Lipinski definition) is 3. The third-order valence-corrected chi connectivity index (χ3v) is 8.93. The number of amides is 1. The van der Waals surface area contributed by atoms with E-state index in [2.05, 4.69) is 46.5 Å². The number of nitrogens with one attached hydrogen (secondary N) is 3. The van der Waals surface area contributed by atoms with Crippen LogP contribution in [0.3, 0.4) is 0 Å². The lowest BCUT2D eigenvalue weighted by atomic mass is 10.0. The topological polar surface area (TPSA) is 140 Å². The third-order valence-electron chi connectivity index (χ3n) is 7.41. The van der Waals surface area contributed by atoms with Crippen molar-refractivity contribution in [2.45, 2.75) is 69.5 Å². The molecule has 2 aliphatic rings. The molecule has 1 amide bonds. The Morgan fingerprint density at radius 2 is 1.95 bits per heavy atom. The predicted molar refractivity (Wildman–Crippen MR) is 151 cm³/mol. The van der Waals surface area contributed by atoms with E-state index in [9.17, 15) is 13.2 Å². The number of carbonyl (C=O) groups is 1. The summed E-state index contributed by atoms with van der Waals surface area (Å²) in [4.78, 5) is 21.3. The van der Waals surface area contributed by atoms with Crippen molar-refractivity contribution < 1.29 is 17.9 Å². The molecule has 11 nitrogen and oxygen atoms in total. The fourth-order valence-corrected chi connectivity index (χ4v) is 5.77. The summed E-state index contributed by atoms with van der Waals surface area (Å²) < 4.78 is 35.1. The first-order chi connectivity index (χ1) is 18.9. The van der Waals surface area contributed by atoms with E-state index in [1.54, 1.807) is 24.4 Å². The van der Waals surface area contributed by atoms with Crippen molar-refractivity contribution in [2.75, 3.05) is 18.5 Å². The molecular formula is C27H34ClN7O4S. The molecule has 2 fully saturated rings. The maximum absolute atomic E-state index is 12.9. The molecule has 3 aromatic heterocycles. The van der Waals surface area contributed by atoms with Crippen LogP contribution in [0.1, 0.15) is 63.2 Å². The van der Waals surface area contributed by atoms with Crippen LogP contribution in [0.25, 0.3) is 5.82 Å². The van der Waals surface area contributed by atoms with E-state index in [4.69, 9.17) is 16.3 Å². The Balaban J connectivity index is 1.20. The van der Waals surface area contributed by atoms with E-state index in [1.165, 1.54) is 35.7 Å². The monoisotopic (exact) mass is 587 g/mol. The van der Waals surface area contributed by atoms with Crippen molar-refractivity contribution in [3.05, 3.63) is 53.3 Å². The summed E-state index contributed by atoms with van der Waals surface area (Å²) in [7, 11) is -4.26. The van der Waals surface area contributed by atoms with Gasteiger partial charge in [0.25, 0.3) is 15.9 Å². The minimum absolute atomic E-state index is 0.0765. The fraction of sp³-hybridized carbons (Fsp3) is 0.481. The SMILES string of the molecule is CC1(CCOc2ccn(-c3ccc(C(=O)NS(=O)(=O)c4cccc(NCC5CCC(C)(C)N5)n4)c(Cl)n3)n2)CC1. The number of hydrogen-bond acceptors (Lipinski definition) is 9. The largest absolute Gasteiger partial charge is 0.477 e. The van der Waals surface area contributed by atoms with Crippen LogP contribution in [0.4, 0.5) is 5.82 Å². The van der Waals surface area contributed by atoms with Crippen molar-refractivity contribution in [1.29, 1.82) is 0 Å². The van der Waals surface area contributed by atoms with Gasteiger partial charge in [0.1, 0.15) is 11.0 Å². The average Bonchev–Trinajstić information content (AvgIpc) is 3.28. The maximum Gasteiger partial charge on any atom is 0.281 e. The normalized spacial score (nSPS) is 19.2. The molecule has 1 saturated heterocycles. The summed E-state index contributed by atoms with van der Waals surface area (Å²) in [5.74, 6) is 0.298. The maximum atomic E-state index is 12.9. The van der Waals surface area contributed by atoms with Crippen LogP contribution >= 0.6 is 11.6 Å². The molecule has 1 atom stereocenters. The zero-order valence-electron chi connectivity index (χ0n) is 22.8. The van der Waals surface area contributed by atoms with Gasteiger partial charge in [-0.2, -0.15) is 8.42 Å². The minimum Gasteiger partial charge on any atom is -0.477 e. The average molecular weight is 588 g/mol. The fourth-order valence-electron chi connectivity index (χ4n) is 4.60. The molecule has 3 N–H and O–H groups in total. The Labute approximate surface area is 239 Å². The number of ether oxygens (including phenoxy) is 1. The van der Waals surface area contributed by atoms with E-state index in [0.717, 1.165) is 19.3 Å². The van der Waals surface area contributed by atoms with Crippen molar-refractivity contribution >= 4 is 33.3 Å². The molecule has 3 aromatic rings. The van der Waals surface area contributed by atoms with E-state index < -0.39 is 15.9 Å². The molecule has 0 aromatic carbocycles. The molecule has 1 aliphatic carbocycles. The molecule has 1 unspecified atom stereocenters. The summed E-state index contributed by atoms with van der Waals surface area (Å²) >= 11 is 6.27. The Hall–Kier alpha value is -3.22. The lowest BCUT2D eigenvalue weighted by Gasteiger charge is -2.20. The van der Waals surface area contributed by atoms with Crippen molar-refractivity contribution in [1.82, 2.24) is 29.8 Å². The van der Waals surface area contributed by atoms with Crippen LogP contribution in [-0.4, -0.2) is 58.8 Å². The number of pyridine rings is 2. The summed E-state index contributed by atoms with van der Waals surface area (Å²) in [5, 5.41) is 10.6. The molecule has 214 valence electrons. The van der Waals surface area contributed by atoms with E-state index in [1.807, 2.05) is 4.72 Å². The summed E-state index contributed by atoms with van der Waals surface area (Å²) in [6, 6.07) is 9.47. The zero-order valence-corrected chi connectivity index (χ0v) is 24.3. The number of aromatic nitrogens is 4. The molecule has 1 aliphatic heterocycles. The Kier molecular flexibility index (Phi) is 7.77. The summed E-state index contributed by atoms with van der Waals surface area (Å²) in [6.07, 6.45) is 7.17. The first-order valence-electron chi connectivity index (χ1n) is 13.3. The van der Waals surface area contributed by atoms with Crippen molar-refractivity contribution in [2.24, 2.45) is 5.41 Å². The molecule has 5 rings (SSSR count). The molecule has 40 heavy (non-hydrogen) atoms. The van der Waals surface area contributed by atoms with Gasteiger partial charge in [-0.05, 0) is 75.6 Å². The number of carbonyl (C=O) groups excluding carboxylic acids is 1. The van der Waals surface area contributed by atoms with Crippen molar-refractivity contribution in [3.63, 3.8) is 0 Å². The molecule has 13 heteroatoms. The standard InChI is InChI=1S/C27H34ClN7O4S/c1-26(2)11-9-18(32-26)17-29-20-5-4-6-23(30-20)40(37,38)34-25(36)19-7-8-21(31-24(19)28)35-15-10-22(33-35)39-16-14-27(3)12-13-27/h4-8,10,15,18,32H,9,11-14,16-17H2,1-3H3,(H,29,30)(H,34,36). The number of halogens is 1. The summed E-state index contributed by atoms with van der Waals surface area (Å²) in [6.45, 7) is 7.72. The number of rotatable bonds is 11. The van der Waals surface area contributed by atoms with Gasteiger partial charge in [0, 0.05) is 30.4 Å². The van der Waals surface area contributed by atoms with Crippen LogP contribution in [0.15, 0.2) is 47.6 Å². The highest BCUT2D eigenvalue weighted by atomic mass is 35.5. The van der Waals surface area contributed by atoms with Crippen LogP contribution in [0.2, 0.25) is 5.15 Å². The first-order valence-corrected chi connectivity index (χ1v) is 15.2. The van der Waals surface area contributed by atoms with E-state index in [0.29, 0.717) is 36.1 Å². The molecule has 0 bridgehead atoms. The molecule has 0 radical (unpaired) electrons. The molecule has 1 saturated carbocycles. The Bertz CT molecular complexity index is 1500. The second-order valence-electron chi connectivity index (χ2n) is 11.5. The second kappa shape index (κ2) is 11.0. The zero-order chi connectivity index (χ0) is 28.5. The van der Waals surface area contributed by atoms with Crippen LogP contribution in [0.5, 0.6) is 5.88 Å². The van der Waals surface area contributed by atoms with Gasteiger partial charge in [0.2, 0.25) is 5.88 Å². The highest BCUT2D eigenvalue weighted by Crippen LogP contribution is 2.47. The number of nitrogens with zero attached hydrogens (tertiary/aromatic N) is 4. The van der Waals surface area contributed by atoms with Crippen molar-refractivity contribution in [3.8, 4) is 11.7 Å². The van der Waals surface area contributed by atoms with Gasteiger partial charge in [0.15, 0.2) is 10.8 Å². The first kappa shape index (κ1) is 28.3.